The van der Waals surface area contributed by atoms with E-state index < -0.39 is 0 Å². The van der Waals surface area contributed by atoms with Gasteiger partial charge in [0.1, 0.15) is 0 Å². The lowest BCUT2D eigenvalue weighted by Gasteiger charge is -2.53. The van der Waals surface area contributed by atoms with Crippen molar-refractivity contribution in [2.45, 2.75) is 83.7 Å². The molecule has 0 aromatic heterocycles. The average molecular weight is 457 g/mol. The Hall–Kier alpha value is -2.26. The molecule has 1 heterocycles. The number of ketones is 2. The zero-order valence-electron chi connectivity index (χ0n) is 20.6. The Balaban J connectivity index is 1.42. The molecule has 0 N–H and O–H groups in total. The van der Waals surface area contributed by atoms with Gasteiger partial charge >= 0.3 is 0 Å². The summed E-state index contributed by atoms with van der Waals surface area (Å²) >= 11 is 0. The second-order valence-electron chi connectivity index (χ2n) is 11.5. The van der Waals surface area contributed by atoms with E-state index in [-0.39, 0.29) is 16.8 Å². The van der Waals surface area contributed by atoms with Gasteiger partial charge in [-0.3, -0.25) is 9.59 Å². The van der Waals surface area contributed by atoms with E-state index in [9.17, 15) is 9.59 Å². The fourth-order valence-corrected chi connectivity index (χ4v) is 8.21. The molecule has 0 bridgehead atoms. The highest BCUT2D eigenvalue weighted by atomic mass is 16.5. The Morgan fingerprint density at radius 1 is 1.12 bits per heavy atom. The standard InChI is InChI=1S/C31H36O3/c1-20(32)22-7-4-21(5-8-22)6-9-24-19-30(2)28(14-16-31(30)15-3-17-34-31)27-12-10-23-18-25(33)11-13-26(23)29(24)27/h4-5,7-9,18,27-28H,3,6,10-17,19H2,1-2H3/t27-,28-,30-,31?/m0/s1. The van der Waals surface area contributed by atoms with Crippen molar-refractivity contribution < 1.29 is 14.3 Å². The SMILES string of the molecule is CC(=O)c1ccc(CC=C2C[C@@]3(C)[C@@H](CCC34CCCO4)[C@@H]3CCC4=CC(=O)CCC4=C23)cc1. The number of benzene rings is 1. The molecule has 1 spiro atoms. The lowest BCUT2D eigenvalue weighted by Crippen LogP contribution is -2.50. The van der Waals surface area contributed by atoms with Gasteiger partial charge in [-0.2, -0.15) is 0 Å². The zero-order valence-corrected chi connectivity index (χ0v) is 20.6. The number of hydrogen-bond donors (Lipinski definition) is 0. The van der Waals surface area contributed by atoms with E-state index in [0.717, 1.165) is 37.9 Å². The minimum atomic E-state index is 0.0503. The first-order valence-corrected chi connectivity index (χ1v) is 13.3. The van der Waals surface area contributed by atoms with Gasteiger partial charge in [0, 0.05) is 24.0 Å². The van der Waals surface area contributed by atoms with Gasteiger partial charge in [0.2, 0.25) is 0 Å². The van der Waals surface area contributed by atoms with Crippen LogP contribution in [-0.2, 0) is 16.0 Å². The number of fused-ring (bicyclic) bond motifs is 5. The van der Waals surface area contributed by atoms with Crippen LogP contribution in [0.2, 0.25) is 0 Å². The van der Waals surface area contributed by atoms with Crippen LogP contribution in [-0.4, -0.2) is 23.8 Å². The summed E-state index contributed by atoms with van der Waals surface area (Å²) in [7, 11) is 0. The van der Waals surface area contributed by atoms with Crippen LogP contribution in [0.3, 0.4) is 0 Å². The van der Waals surface area contributed by atoms with Crippen molar-refractivity contribution in [2.24, 2.45) is 17.3 Å². The maximum atomic E-state index is 12.2. The first-order chi connectivity index (χ1) is 16.4. The van der Waals surface area contributed by atoms with Crippen LogP contribution in [0.1, 0.15) is 87.6 Å². The first-order valence-electron chi connectivity index (χ1n) is 13.3. The summed E-state index contributed by atoms with van der Waals surface area (Å²) in [6.45, 7) is 5.07. The predicted octanol–water partition coefficient (Wildman–Crippen LogP) is 6.72. The molecule has 2 saturated carbocycles. The van der Waals surface area contributed by atoms with Crippen LogP contribution >= 0.6 is 0 Å². The lowest BCUT2D eigenvalue weighted by atomic mass is 9.53. The highest BCUT2D eigenvalue weighted by Crippen LogP contribution is 2.67. The van der Waals surface area contributed by atoms with Gasteiger partial charge in [0.25, 0.3) is 0 Å². The van der Waals surface area contributed by atoms with Crippen molar-refractivity contribution >= 4 is 11.6 Å². The van der Waals surface area contributed by atoms with Gasteiger partial charge in [0.05, 0.1) is 5.60 Å². The van der Waals surface area contributed by atoms with Crippen LogP contribution < -0.4 is 0 Å². The monoisotopic (exact) mass is 456 g/mol. The first kappa shape index (κ1) is 22.2. The van der Waals surface area contributed by atoms with Crippen molar-refractivity contribution in [3.05, 3.63) is 69.8 Å². The van der Waals surface area contributed by atoms with Crippen molar-refractivity contribution in [3.63, 3.8) is 0 Å². The van der Waals surface area contributed by atoms with Gasteiger partial charge in [0.15, 0.2) is 11.6 Å². The van der Waals surface area contributed by atoms with Gasteiger partial charge in [-0.05, 0) is 110 Å². The number of ether oxygens (including phenoxy) is 1. The number of hydrogen-bond acceptors (Lipinski definition) is 3. The molecule has 3 nitrogen and oxygen atoms in total. The molecule has 5 aliphatic rings. The summed E-state index contributed by atoms with van der Waals surface area (Å²) in [4.78, 5) is 23.9. The quantitative estimate of drug-likeness (QED) is 0.474. The molecular formula is C31H36O3. The Morgan fingerprint density at radius 2 is 1.94 bits per heavy atom. The Labute approximate surface area is 203 Å². The molecule has 6 rings (SSSR count). The third-order valence-electron chi connectivity index (χ3n) is 9.92. The zero-order chi connectivity index (χ0) is 23.5. The van der Waals surface area contributed by atoms with E-state index in [4.69, 9.17) is 4.74 Å². The normalized spacial score (nSPS) is 35.9. The van der Waals surface area contributed by atoms with Crippen LogP contribution in [0, 0.1) is 17.3 Å². The maximum absolute atomic E-state index is 12.2. The molecule has 0 radical (unpaired) electrons. The number of allylic oxidation sites excluding steroid dienone is 6. The van der Waals surface area contributed by atoms with Gasteiger partial charge < -0.3 is 4.74 Å². The fourth-order valence-electron chi connectivity index (χ4n) is 8.21. The lowest BCUT2D eigenvalue weighted by molar-refractivity contribution is -0.114. The van der Waals surface area contributed by atoms with E-state index in [2.05, 4.69) is 25.1 Å². The summed E-state index contributed by atoms with van der Waals surface area (Å²) in [5, 5.41) is 0. The average Bonchev–Trinajstić information content (AvgIpc) is 3.43. The summed E-state index contributed by atoms with van der Waals surface area (Å²) < 4.78 is 6.59. The third kappa shape index (κ3) is 3.34. The molecule has 4 atom stereocenters. The summed E-state index contributed by atoms with van der Waals surface area (Å²) in [6.07, 6.45) is 15.0. The van der Waals surface area contributed by atoms with E-state index in [1.165, 1.54) is 54.4 Å². The smallest absolute Gasteiger partial charge is 0.159 e. The largest absolute Gasteiger partial charge is 0.374 e. The molecule has 3 heteroatoms. The molecule has 1 unspecified atom stereocenters. The summed E-state index contributed by atoms with van der Waals surface area (Å²) in [5.74, 6) is 1.68. The van der Waals surface area contributed by atoms with E-state index in [1.807, 2.05) is 18.2 Å². The molecule has 4 aliphatic carbocycles. The number of Topliss-reactive ketones (excluding diaryl/α,β-unsaturated/α-hetero) is 1. The molecule has 1 aromatic rings. The van der Waals surface area contributed by atoms with Gasteiger partial charge in [-0.25, -0.2) is 0 Å². The van der Waals surface area contributed by atoms with Gasteiger partial charge in [-0.1, -0.05) is 37.3 Å². The van der Waals surface area contributed by atoms with Crippen molar-refractivity contribution in [2.75, 3.05) is 6.61 Å². The van der Waals surface area contributed by atoms with Crippen molar-refractivity contribution in [3.8, 4) is 0 Å². The number of rotatable bonds is 3. The highest BCUT2D eigenvalue weighted by molar-refractivity contribution is 5.94. The van der Waals surface area contributed by atoms with E-state index in [0.29, 0.717) is 24.0 Å². The van der Waals surface area contributed by atoms with Crippen LogP contribution in [0.5, 0.6) is 0 Å². The molecule has 1 saturated heterocycles. The minimum absolute atomic E-state index is 0.0503. The molecule has 0 amide bonds. The second-order valence-corrected chi connectivity index (χ2v) is 11.5. The second kappa shape index (κ2) is 8.16. The van der Waals surface area contributed by atoms with E-state index >= 15 is 0 Å². The van der Waals surface area contributed by atoms with Crippen LogP contribution in [0.25, 0.3) is 0 Å². The van der Waals surface area contributed by atoms with Gasteiger partial charge in [-0.15, -0.1) is 0 Å². The maximum Gasteiger partial charge on any atom is 0.159 e. The van der Waals surface area contributed by atoms with Crippen molar-refractivity contribution in [1.29, 1.82) is 0 Å². The number of carbonyl (C=O) groups excluding carboxylic acids is 2. The minimum Gasteiger partial charge on any atom is -0.374 e. The van der Waals surface area contributed by atoms with Crippen LogP contribution in [0.15, 0.2) is 58.7 Å². The predicted molar refractivity (Wildman–Crippen MR) is 134 cm³/mol. The molecular weight excluding hydrogens is 420 g/mol. The van der Waals surface area contributed by atoms with Crippen LogP contribution in [0.4, 0.5) is 0 Å². The molecule has 1 aliphatic heterocycles. The Bertz CT molecular complexity index is 1130. The molecule has 3 fully saturated rings. The topological polar surface area (TPSA) is 43.4 Å². The molecule has 1 aromatic carbocycles. The summed E-state index contributed by atoms with van der Waals surface area (Å²) in [5.41, 5.74) is 8.15. The Kier molecular flexibility index (Phi) is 5.33. The Morgan fingerprint density at radius 3 is 2.68 bits per heavy atom. The number of carbonyl (C=O) groups is 2. The van der Waals surface area contributed by atoms with E-state index in [1.54, 1.807) is 12.5 Å². The highest BCUT2D eigenvalue weighted by Gasteiger charge is 2.63. The summed E-state index contributed by atoms with van der Waals surface area (Å²) in [6, 6.07) is 8.09. The third-order valence-corrected chi connectivity index (χ3v) is 9.92. The molecule has 178 valence electrons. The van der Waals surface area contributed by atoms with Crippen molar-refractivity contribution in [1.82, 2.24) is 0 Å². The fraction of sp³-hybridized carbons (Fsp3) is 0.548. The molecule has 34 heavy (non-hydrogen) atoms.